The van der Waals surface area contributed by atoms with Crippen molar-refractivity contribution >= 4 is 11.6 Å². The quantitative estimate of drug-likeness (QED) is 0.867. The standard InChI is InChI=1S/C15H18FN3O/c1-10-3-6-12(16)7-13(10)18-8-14(20)19-15(2,9-17)11-4-5-11/h3,6-7,11,18H,4-5,8H2,1-2H3,(H,19,20). The zero-order valence-corrected chi connectivity index (χ0v) is 11.7. The van der Waals surface area contributed by atoms with Crippen LogP contribution in [0.25, 0.3) is 0 Å². The van der Waals surface area contributed by atoms with Crippen LogP contribution in [0.3, 0.4) is 0 Å². The number of aryl methyl sites for hydroxylation is 1. The van der Waals surface area contributed by atoms with Gasteiger partial charge in [0, 0.05) is 5.69 Å². The van der Waals surface area contributed by atoms with E-state index in [2.05, 4.69) is 16.7 Å². The number of carbonyl (C=O) groups is 1. The molecule has 0 bridgehead atoms. The molecule has 0 radical (unpaired) electrons. The highest BCUT2D eigenvalue weighted by molar-refractivity contribution is 5.82. The summed E-state index contributed by atoms with van der Waals surface area (Å²) in [5, 5.41) is 14.8. The van der Waals surface area contributed by atoms with Gasteiger partial charge in [0.2, 0.25) is 5.91 Å². The lowest BCUT2D eigenvalue weighted by atomic mass is 9.98. The molecule has 5 heteroatoms. The van der Waals surface area contributed by atoms with E-state index in [-0.39, 0.29) is 24.2 Å². The van der Waals surface area contributed by atoms with Crippen molar-refractivity contribution in [3.05, 3.63) is 29.6 Å². The third-order valence-electron chi connectivity index (χ3n) is 3.66. The number of nitriles is 1. The molecule has 1 aliphatic carbocycles. The van der Waals surface area contributed by atoms with Gasteiger partial charge in [-0.3, -0.25) is 4.79 Å². The topological polar surface area (TPSA) is 64.9 Å². The van der Waals surface area contributed by atoms with Crippen molar-refractivity contribution in [2.45, 2.75) is 32.2 Å². The van der Waals surface area contributed by atoms with Gasteiger partial charge >= 0.3 is 0 Å². The fourth-order valence-electron chi connectivity index (χ4n) is 2.18. The Morgan fingerprint density at radius 2 is 2.25 bits per heavy atom. The van der Waals surface area contributed by atoms with Crippen LogP contribution < -0.4 is 10.6 Å². The maximum Gasteiger partial charge on any atom is 0.240 e. The number of hydrogen-bond acceptors (Lipinski definition) is 3. The lowest BCUT2D eigenvalue weighted by Gasteiger charge is -2.23. The highest BCUT2D eigenvalue weighted by Crippen LogP contribution is 2.39. The molecular weight excluding hydrogens is 257 g/mol. The Morgan fingerprint density at radius 1 is 1.55 bits per heavy atom. The van der Waals surface area contributed by atoms with Gasteiger partial charge in [-0.25, -0.2) is 4.39 Å². The van der Waals surface area contributed by atoms with E-state index in [1.54, 1.807) is 13.0 Å². The van der Waals surface area contributed by atoms with E-state index >= 15 is 0 Å². The third kappa shape index (κ3) is 3.27. The van der Waals surface area contributed by atoms with Crippen LogP contribution in [0.4, 0.5) is 10.1 Å². The minimum absolute atomic E-state index is 0.0221. The first-order chi connectivity index (χ1) is 9.44. The number of rotatable bonds is 5. The average molecular weight is 275 g/mol. The Morgan fingerprint density at radius 3 is 2.85 bits per heavy atom. The number of benzene rings is 1. The van der Waals surface area contributed by atoms with Gasteiger partial charge in [0.25, 0.3) is 0 Å². The Kier molecular flexibility index (Phi) is 3.93. The van der Waals surface area contributed by atoms with Crippen LogP contribution in [0.15, 0.2) is 18.2 Å². The molecule has 106 valence electrons. The van der Waals surface area contributed by atoms with Crippen LogP contribution in [0, 0.1) is 30.0 Å². The molecule has 2 N–H and O–H groups in total. The van der Waals surface area contributed by atoms with Crippen LogP contribution in [0.5, 0.6) is 0 Å². The van der Waals surface area contributed by atoms with Crippen LogP contribution in [0.2, 0.25) is 0 Å². The summed E-state index contributed by atoms with van der Waals surface area (Å²) in [6, 6.07) is 6.55. The second-order valence-corrected chi connectivity index (χ2v) is 5.45. The smallest absolute Gasteiger partial charge is 0.240 e. The van der Waals surface area contributed by atoms with Crippen molar-refractivity contribution in [3.8, 4) is 6.07 Å². The molecule has 1 atom stereocenters. The normalized spacial score (nSPS) is 16.9. The average Bonchev–Trinajstić information content (AvgIpc) is 3.24. The molecule has 1 aromatic rings. The van der Waals surface area contributed by atoms with Crippen molar-refractivity contribution in [3.63, 3.8) is 0 Å². The second kappa shape index (κ2) is 5.49. The Hall–Kier alpha value is -2.09. The van der Waals surface area contributed by atoms with Crippen LogP contribution >= 0.6 is 0 Å². The Balaban J connectivity index is 1.92. The molecule has 1 aromatic carbocycles. The summed E-state index contributed by atoms with van der Waals surface area (Å²) in [5.41, 5.74) is 0.658. The minimum atomic E-state index is -0.796. The van der Waals surface area contributed by atoms with E-state index < -0.39 is 5.54 Å². The molecule has 1 aliphatic rings. The fraction of sp³-hybridized carbons (Fsp3) is 0.467. The summed E-state index contributed by atoms with van der Waals surface area (Å²) in [6.07, 6.45) is 1.95. The summed E-state index contributed by atoms with van der Waals surface area (Å²) < 4.78 is 13.1. The summed E-state index contributed by atoms with van der Waals surface area (Å²) in [5.74, 6) is -0.365. The molecule has 0 heterocycles. The van der Waals surface area contributed by atoms with Gasteiger partial charge in [0.1, 0.15) is 11.4 Å². The highest BCUT2D eigenvalue weighted by atomic mass is 19.1. The summed E-state index contributed by atoms with van der Waals surface area (Å²) in [4.78, 5) is 11.9. The molecule has 0 saturated heterocycles. The number of halogens is 1. The molecule has 0 aliphatic heterocycles. The maximum absolute atomic E-state index is 13.1. The molecule has 1 amide bonds. The van der Waals surface area contributed by atoms with E-state index in [1.807, 2.05) is 6.92 Å². The van der Waals surface area contributed by atoms with E-state index in [1.165, 1.54) is 12.1 Å². The minimum Gasteiger partial charge on any atom is -0.376 e. The van der Waals surface area contributed by atoms with Gasteiger partial charge < -0.3 is 10.6 Å². The first kappa shape index (κ1) is 14.3. The van der Waals surface area contributed by atoms with Crippen molar-refractivity contribution < 1.29 is 9.18 Å². The van der Waals surface area contributed by atoms with Gasteiger partial charge in [0.15, 0.2) is 0 Å². The van der Waals surface area contributed by atoms with Crippen molar-refractivity contribution in [2.24, 2.45) is 5.92 Å². The number of carbonyl (C=O) groups excluding carboxylic acids is 1. The SMILES string of the molecule is Cc1ccc(F)cc1NCC(=O)NC(C)(C#N)C1CC1. The zero-order chi connectivity index (χ0) is 14.8. The number of hydrogen-bond donors (Lipinski definition) is 2. The van der Waals surface area contributed by atoms with E-state index in [0.29, 0.717) is 5.69 Å². The first-order valence-corrected chi connectivity index (χ1v) is 6.67. The predicted molar refractivity (Wildman–Crippen MR) is 74.5 cm³/mol. The molecule has 1 saturated carbocycles. The molecule has 0 aromatic heterocycles. The lowest BCUT2D eigenvalue weighted by Crippen LogP contribution is -2.48. The van der Waals surface area contributed by atoms with E-state index in [0.717, 1.165) is 18.4 Å². The van der Waals surface area contributed by atoms with E-state index in [9.17, 15) is 14.4 Å². The van der Waals surface area contributed by atoms with Crippen molar-refractivity contribution in [1.29, 1.82) is 5.26 Å². The Bertz CT molecular complexity index is 563. The van der Waals surface area contributed by atoms with Crippen LogP contribution in [-0.2, 0) is 4.79 Å². The second-order valence-electron chi connectivity index (χ2n) is 5.45. The van der Waals surface area contributed by atoms with Crippen LogP contribution in [0.1, 0.15) is 25.3 Å². The number of anilines is 1. The number of nitrogens with zero attached hydrogens (tertiary/aromatic N) is 1. The van der Waals surface area contributed by atoms with Gasteiger partial charge in [-0.2, -0.15) is 5.26 Å². The molecule has 2 rings (SSSR count). The molecule has 1 fully saturated rings. The largest absolute Gasteiger partial charge is 0.376 e. The van der Waals surface area contributed by atoms with Crippen molar-refractivity contribution in [1.82, 2.24) is 5.32 Å². The van der Waals surface area contributed by atoms with Gasteiger partial charge in [-0.05, 0) is 50.3 Å². The molecule has 0 spiro atoms. The summed E-state index contributed by atoms with van der Waals surface area (Å²) >= 11 is 0. The molecule has 4 nitrogen and oxygen atoms in total. The third-order valence-corrected chi connectivity index (χ3v) is 3.66. The predicted octanol–water partition coefficient (Wildman–Crippen LogP) is 2.35. The maximum atomic E-state index is 13.1. The first-order valence-electron chi connectivity index (χ1n) is 6.67. The van der Waals surface area contributed by atoms with Gasteiger partial charge in [-0.1, -0.05) is 6.07 Å². The fourth-order valence-corrected chi connectivity index (χ4v) is 2.18. The Labute approximate surface area is 118 Å². The lowest BCUT2D eigenvalue weighted by molar-refractivity contribution is -0.120. The zero-order valence-electron chi connectivity index (χ0n) is 11.7. The van der Waals surface area contributed by atoms with E-state index in [4.69, 9.17) is 0 Å². The molecular formula is C15H18FN3O. The molecule has 1 unspecified atom stereocenters. The monoisotopic (exact) mass is 275 g/mol. The summed E-state index contributed by atoms with van der Waals surface area (Å²) in [6.45, 7) is 3.60. The number of amides is 1. The number of nitrogens with one attached hydrogen (secondary N) is 2. The summed E-state index contributed by atoms with van der Waals surface area (Å²) in [7, 11) is 0. The van der Waals surface area contributed by atoms with Gasteiger partial charge in [0.05, 0.1) is 12.6 Å². The van der Waals surface area contributed by atoms with Crippen LogP contribution in [-0.4, -0.2) is 18.0 Å². The highest BCUT2D eigenvalue weighted by Gasteiger charge is 2.42. The molecule has 20 heavy (non-hydrogen) atoms. The van der Waals surface area contributed by atoms with Crippen molar-refractivity contribution in [2.75, 3.05) is 11.9 Å². The van der Waals surface area contributed by atoms with Gasteiger partial charge in [-0.15, -0.1) is 0 Å².